The van der Waals surface area contributed by atoms with Crippen molar-refractivity contribution in [1.82, 2.24) is 4.98 Å². The Bertz CT molecular complexity index is 375. The molecule has 0 amide bonds. The van der Waals surface area contributed by atoms with Crippen LogP contribution >= 0.6 is 11.3 Å². The second kappa shape index (κ2) is 2.57. The van der Waals surface area contributed by atoms with Crippen molar-refractivity contribution in [2.75, 3.05) is 0 Å². The average molecular weight is 209 g/mol. The Balaban J connectivity index is 2.00. The number of carboxylic acid groups (broad SMARTS) is 1. The molecule has 3 nitrogen and oxygen atoms in total. The molecule has 0 radical (unpaired) electrons. The Morgan fingerprint density at radius 2 is 2.57 bits per heavy atom. The topological polar surface area (TPSA) is 50.2 Å². The molecule has 2 aliphatic rings. The van der Waals surface area contributed by atoms with E-state index in [2.05, 4.69) is 4.98 Å². The highest BCUT2D eigenvalue weighted by atomic mass is 32.1. The maximum atomic E-state index is 11.1. The van der Waals surface area contributed by atoms with Gasteiger partial charge in [0.2, 0.25) is 0 Å². The van der Waals surface area contributed by atoms with Crippen molar-refractivity contribution in [2.24, 2.45) is 11.8 Å². The largest absolute Gasteiger partial charge is 0.481 e. The number of aliphatic carboxylic acids is 1. The first kappa shape index (κ1) is 8.41. The molecule has 0 spiro atoms. The van der Waals surface area contributed by atoms with Gasteiger partial charge in [-0.25, -0.2) is 4.98 Å². The number of aromatic nitrogens is 1. The summed E-state index contributed by atoms with van der Waals surface area (Å²) < 4.78 is 0. The zero-order valence-corrected chi connectivity index (χ0v) is 8.46. The zero-order valence-electron chi connectivity index (χ0n) is 7.64. The summed E-state index contributed by atoms with van der Waals surface area (Å²) in [6.45, 7) is 0. The van der Waals surface area contributed by atoms with E-state index < -0.39 is 5.97 Å². The molecule has 2 aliphatic carbocycles. The smallest absolute Gasteiger partial charge is 0.307 e. The number of carbonyl (C=O) groups is 1. The van der Waals surface area contributed by atoms with Crippen molar-refractivity contribution >= 4 is 17.3 Å². The van der Waals surface area contributed by atoms with E-state index in [0.717, 1.165) is 24.3 Å². The lowest BCUT2D eigenvalue weighted by atomic mass is 10.0. The lowest BCUT2D eigenvalue weighted by molar-refractivity contribution is -0.139. The molecule has 0 bridgehead atoms. The summed E-state index contributed by atoms with van der Waals surface area (Å²) in [5.41, 5.74) is -0.0694. The van der Waals surface area contributed by atoms with E-state index in [4.69, 9.17) is 5.11 Å². The van der Waals surface area contributed by atoms with Crippen LogP contribution in [-0.2, 0) is 10.2 Å². The molecule has 3 atom stereocenters. The third-order valence-corrected chi connectivity index (χ3v) is 4.68. The fourth-order valence-corrected chi connectivity index (χ4v) is 4.11. The fraction of sp³-hybridized carbons (Fsp3) is 0.600. The molecule has 74 valence electrons. The van der Waals surface area contributed by atoms with E-state index in [1.54, 1.807) is 17.5 Å². The molecule has 1 aromatic heterocycles. The quantitative estimate of drug-likeness (QED) is 0.809. The van der Waals surface area contributed by atoms with Crippen molar-refractivity contribution in [3.05, 3.63) is 16.6 Å². The van der Waals surface area contributed by atoms with Crippen molar-refractivity contribution < 1.29 is 9.90 Å². The molecule has 1 aromatic rings. The minimum atomic E-state index is -0.634. The Labute approximate surface area is 85.8 Å². The maximum absolute atomic E-state index is 11.1. The van der Waals surface area contributed by atoms with Gasteiger partial charge in [0.15, 0.2) is 0 Å². The van der Waals surface area contributed by atoms with Gasteiger partial charge in [-0.2, -0.15) is 0 Å². The highest BCUT2D eigenvalue weighted by Crippen LogP contribution is 2.69. The molecular formula is C10H11NO2S. The van der Waals surface area contributed by atoms with Crippen LogP contribution in [0.1, 0.15) is 24.3 Å². The number of carboxylic acids is 1. The summed E-state index contributed by atoms with van der Waals surface area (Å²) in [4.78, 5) is 15.4. The maximum Gasteiger partial charge on any atom is 0.307 e. The second-order valence-corrected chi connectivity index (χ2v) is 5.09. The van der Waals surface area contributed by atoms with Crippen molar-refractivity contribution in [3.8, 4) is 0 Å². The molecule has 14 heavy (non-hydrogen) atoms. The van der Waals surface area contributed by atoms with Crippen LogP contribution in [0.2, 0.25) is 0 Å². The SMILES string of the molecule is O=C(O)C1C2CCCC21c1nccs1. The molecule has 2 fully saturated rings. The van der Waals surface area contributed by atoms with Crippen molar-refractivity contribution in [2.45, 2.75) is 24.7 Å². The Kier molecular flexibility index (Phi) is 1.54. The van der Waals surface area contributed by atoms with Crippen LogP contribution in [0.3, 0.4) is 0 Å². The summed E-state index contributed by atoms with van der Waals surface area (Å²) in [6.07, 6.45) is 5.02. The molecule has 0 aliphatic heterocycles. The Morgan fingerprint density at radius 3 is 3.14 bits per heavy atom. The Hall–Kier alpha value is -0.900. The highest BCUT2D eigenvalue weighted by molar-refractivity contribution is 7.09. The van der Waals surface area contributed by atoms with E-state index in [0.29, 0.717) is 5.92 Å². The van der Waals surface area contributed by atoms with E-state index in [1.807, 2.05) is 5.38 Å². The number of nitrogens with zero attached hydrogens (tertiary/aromatic N) is 1. The third kappa shape index (κ3) is 0.823. The van der Waals surface area contributed by atoms with E-state index in [1.165, 1.54) is 0 Å². The van der Waals surface area contributed by atoms with Gasteiger partial charge in [0.25, 0.3) is 0 Å². The van der Waals surface area contributed by atoms with Gasteiger partial charge in [-0.3, -0.25) is 4.79 Å². The third-order valence-electron chi connectivity index (χ3n) is 3.71. The number of hydrogen-bond acceptors (Lipinski definition) is 3. The van der Waals surface area contributed by atoms with Crippen LogP contribution in [0, 0.1) is 11.8 Å². The Morgan fingerprint density at radius 1 is 1.71 bits per heavy atom. The standard InChI is InChI=1S/C10H11NO2S/c12-8(13)7-6-2-1-3-10(6,7)9-11-4-5-14-9/h4-7H,1-3H2,(H,12,13). The van der Waals surface area contributed by atoms with Crippen LogP contribution in [0.15, 0.2) is 11.6 Å². The first-order chi connectivity index (χ1) is 6.77. The predicted molar refractivity (Wildman–Crippen MR) is 52.3 cm³/mol. The zero-order chi connectivity index (χ0) is 9.76. The van der Waals surface area contributed by atoms with E-state index in [9.17, 15) is 4.79 Å². The summed E-state index contributed by atoms with van der Waals surface area (Å²) in [5.74, 6) is -0.418. The van der Waals surface area contributed by atoms with Gasteiger partial charge in [0.1, 0.15) is 0 Å². The number of rotatable bonds is 2. The van der Waals surface area contributed by atoms with Crippen LogP contribution < -0.4 is 0 Å². The van der Waals surface area contributed by atoms with Crippen LogP contribution in [0.25, 0.3) is 0 Å². The van der Waals surface area contributed by atoms with Crippen LogP contribution in [-0.4, -0.2) is 16.1 Å². The minimum absolute atomic E-state index is 0.0694. The lowest BCUT2D eigenvalue weighted by Crippen LogP contribution is -2.14. The summed E-state index contributed by atoms with van der Waals surface area (Å²) in [6, 6.07) is 0. The van der Waals surface area contributed by atoms with Crippen LogP contribution in [0.5, 0.6) is 0 Å². The lowest BCUT2D eigenvalue weighted by Gasteiger charge is -2.08. The molecule has 3 unspecified atom stereocenters. The average Bonchev–Trinajstić information content (AvgIpc) is 2.65. The first-order valence-corrected chi connectivity index (χ1v) is 5.77. The monoisotopic (exact) mass is 209 g/mol. The number of fused-ring (bicyclic) bond motifs is 1. The molecular weight excluding hydrogens is 198 g/mol. The molecule has 1 N–H and O–H groups in total. The summed E-state index contributed by atoms with van der Waals surface area (Å²) in [7, 11) is 0. The van der Waals surface area contributed by atoms with Crippen molar-refractivity contribution in [1.29, 1.82) is 0 Å². The number of hydrogen-bond donors (Lipinski definition) is 1. The molecule has 0 aromatic carbocycles. The van der Waals surface area contributed by atoms with Gasteiger partial charge >= 0.3 is 5.97 Å². The van der Waals surface area contributed by atoms with E-state index >= 15 is 0 Å². The van der Waals surface area contributed by atoms with Gasteiger partial charge in [-0.05, 0) is 18.8 Å². The normalized spacial score (nSPS) is 39.4. The molecule has 1 heterocycles. The van der Waals surface area contributed by atoms with Gasteiger partial charge in [-0.15, -0.1) is 11.3 Å². The van der Waals surface area contributed by atoms with Gasteiger partial charge in [-0.1, -0.05) is 6.42 Å². The first-order valence-electron chi connectivity index (χ1n) is 4.89. The van der Waals surface area contributed by atoms with E-state index in [-0.39, 0.29) is 11.3 Å². The van der Waals surface area contributed by atoms with Crippen molar-refractivity contribution in [3.63, 3.8) is 0 Å². The second-order valence-electron chi connectivity index (χ2n) is 4.19. The predicted octanol–water partition coefficient (Wildman–Crippen LogP) is 1.90. The summed E-state index contributed by atoms with van der Waals surface area (Å²) in [5, 5.41) is 12.1. The van der Waals surface area contributed by atoms with Gasteiger partial charge in [0, 0.05) is 17.0 Å². The van der Waals surface area contributed by atoms with Gasteiger partial charge < -0.3 is 5.11 Å². The molecule has 2 saturated carbocycles. The van der Waals surface area contributed by atoms with Crippen LogP contribution in [0.4, 0.5) is 0 Å². The van der Waals surface area contributed by atoms with Gasteiger partial charge in [0.05, 0.1) is 10.9 Å². The molecule has 0 saturated heterocycles. The number of thiazole rings is 1. The molecule has 4 heteroatoms. The fourth-order valence-electron chi connectivity index (χ4n) is 3.14. The molecule has 3 rings (SSSR count). The minimum Gasteiger partial charge on any atom is -0.481 e. The highest BCUT2D eigenvalue weighted by Gasteiger charge is 2.72. The summed E-state index contributed by atoms with van der Waals surface area (Å²) >= 11 is 1.61.